The molecule has 1 aromatic carbocycles. The fourth-order valence-corrected chi connectivity index (χ4v) is 2.47. The molecule has 0 saturated heterocycles. The zero-order valence-corrected chi connectivity index (χ0v) is 11.3. The Hall–Kier alpha value is -2.50. The number of carbonyl (C=O) groups excluding carboxylic acids is 2. The largest absolute Gasteiger partial charge is 0.398 e. The van der Waals surface area contributed by atoms with E-state index in [-0.39, 0.29) is 34.9 Å². The molecule has 6 nitrogen and oxygen atoms in total. The molecule has 1 aliphatic rings. The van der Waals surface area contributed by atoms with Crippen molar-refractivity contribution < 1.29 is 13.7 Å². The molecule has 6 heteroatoms. The molecule has 108 valence electrons. The van der Waals surface area contributed by atoms with Crippen LogP contribution in [0, 0.1) is 6.92 Å². The van der Waals surface area contributed by atoms with E-state index in [1.807, 2.05) is 0 Å². The number of hydrogen-bond acceptors (Lipinski definition) is 5. The SMILES string of the molecule is [2H]c1ccc2nc(C)n(C3([2H])C(=O)CC(=O)CC3[2H])c(=O)c2c1N. The lowest BCUT2D eigenvalue weighted by Crippen LogP contribution is -2.36. The van der Waals surface area contributed by atoms with E-state index < -0.39 is 36.0 Å². The number of aryl methyl sites for hydroxylation is 1. The fourth-order valence-electron chi connectivity index (χ4n) is 2.47. The van der Waals surface area contributed by atoms with Gasteiger partial charge >= 0.3 is 0 Å². The van der Waals surface area contributed by atoms with Gasteiger partial charge in [-0.25, -0.2) is 4.98 Å². The van der Waals surface area contributed by atoms with Crippen molar-refractivity contribution in [2.24, 2.45) is 0 Å². The summed E-state index contributed by atoms with van der Waals surface area (Å²) in [4.78, 5) is 41.0. The summed E-state index contributed by atoms with van der Waals surface area (Å²) in [7, 11) is 0. The Kier molecular flexibility index (Phi) is 2.35. The third-order valence-corrected chi connectivity index (χ3v) is 3.44. The topological polar surface area (TPSA) is 95.0 Å². The van der Waals surface area contributed by atoms with Crippen LogP contribution in [0.3, 0.4) is 0 Å². The number of nitrogens with two attached hydrogens (primary N) is 1. The second kappa shape index (κ2) is 4.80. The summed E-state index contributed by atoms with van der Waals surface area (Å²) in [6, 6.07) is 0.569. The number of benzene rings is 1. The zero-order valence-electron chi connectivity index (χ0n) is 14.3. The van der Waals surface area contributed by atoms with Crippen LogP contribution >= 0.6 is 0 Å². The number of hydrogen-bond donors (Lipinski definition) is 1. The van der Waals surface area contributed by atoms with Crippen molar-refractivity contribution in [3.8, 4) is 0 Å². The molecule has 2 unspecified atom stereocenters. The second-order valence-corrected chi connectivity index (χ2v) is 4.88. The van der Waals surface area contributed by atoms with Crippen LogP contribution in [0.5, 0.6) is 0 Å². The van der Waals surface area contributed by atoms with E-state index >= 15 is 0 Å². The van der Waals surface area contributed by atoms with Gasteiger partial charge in [-0.15, -0.1) is 0 Å². The van der Waals surface area contributed by atoms with Gasteiger partial charge in [0.1, 0.15) is 11.6 Å². The lowest BCUT2D eigenvalue weighted by Gasteiger charge is -2.24. The van der Waals surface area contributed by atoms with E-state index in [1.165, 1.54) is 19.1 Å². The first-order valence-electron chi connectivity index (χ1n) is 8.01. The van der Waals surface area contributed by atoms with E-state index in [9.17, 15) is 14.4 Å². The lowest BCUT2D eigenvalue weighted by atomic mass is 9.92. The van der Waals surface area contributed by atoms with Crippen LogP contribution in [0.15, 0.2) is 23.0 Å². The van der Waals surface area contributed by atoms with Crippen LogP contribution in [0.2, 0.25) is 0 Å². The van der Waals surface area contributed by atoms with Gasteiger partial charge in [0.25, 0.3) is 5.56 Å². The first-order valence-corrected chi connectivity index (χ1v) is 6.44. The maximum atomic E-state index is 12.9. The third-order valence-electron chi connectivity index (χ3n) is 3.44. The molecule has 2 N–H and O–H groups in total. The van der Waals surface area contributed by atoms with Gasteiger partial charge < -0.3 is 5.73 Å². The number of carbonyl (C=O) groups is 2. The summed E-state index contributed by atoms with van der Waals surface area (Å²) in [5.74, 6) is -1.15. The highest BCUT2D eigenvalue weighted by molar-refractivity contribution is 6.03. The minimum atomic E-state index is -2.24. The van der Waals surface area contributed by atoms with Crippen molar-refractivity contribution in [2.45, 2.75) is 32.2 Å². The van der Waals surface area contributed by atoms with Gasteiger partial charge in [0.2, 0.25) is 0 Å². The monoisotopic (exact) mass is 288 g/mol. The van der Waals surface area contributed by atoms with Gasteiger partial charge in [0.05, 0.1) is 26.1 Å². The number of fused-ring (bicyclic) bond motifs is 1. The second-order valence-electron chi connectivity index (χ2n) is 4.88. The summed E-state index contributed by atoms with van der Waals surface area (Å²) in [6.45, 7) is 1.46. The number of ketones is 2. The number of anilines is 1. The van der Waals surface area contributed by atoms with Gasteiger partial charge in [-0.3, -0.25) is 19.0 Å². The summed E-state index contributed by atoms with van der Waals surface area (Å²) < 4.78 is 25.1. The molecule has 1 aromatic heterocycles. The highest BCUT2D eigenvalue weighted by atomic mass is 16.2. The number of rotatable bonds is 1. The molecule has 21 heavy (non-hydrogen) atoms. The fraction of sp³-hybridized carbons (Fsp3) is 0.333. The molecule has 2 atom stereocenters. The molecule has 0 amide bonds. The molecule has 1 fully saturated rings. The van der Waals surface area contributed by atoms with Gasteiger partial charge in [0, 0.05) is 13.5 Å². The van der Waals surface area contributed by atoms with Gasteiger partial charge in [-0.1, -0.05) is 6.07 Å². The molecular weight excluding hydrogens is 270 g/mol. The van der Waals surface area contributed by atoms with Gasteiger partial charge in [0.15, 0.2) is 5.78 Å². The van der Waals surface area contributed by atoms with Crippen LogP contribution in [-0.4, -0.2) is 21.1 Å². The minimum absolute atomic E-state index is 0.0587. The van der Waals surface area contributed by atoms with E-state index in [2.05, 4.69) is 4.98 Å². The highest BCUT2D eigenvalue weighted by Gasteiger charge is 2.30. The Balaban J connectivity index is 2.38. The third kappa shape index (κ3) is 2.12. The minimum Gasteiger partial charge on any atom is -0.398 e. The molecule has 0 bridgehead atoms. The average Bonchev–Trinajstić information content (AvgIpc) is 2.48. The zero-order chi connectivity index (χ0) is 17.8. The van der Waals surface area contributed by atoms with E-state index in [4.69, 9.17) is 9.85 Å². The maximum absolute atomic E-state index is 12.9. The van der Waals surface area contributed by atoms with Crippen molar-refractivity contribution >= 4 is 28.2 Å². The summed E-state index contributed by atoms with van der Waals surface area (Å²) in [5.41, 5.74) is 5.23. The van der Waals surface area contributed by atoms with Gasteiger partial charge in [-0.05, 0) is 25.4 Å². The molecule has 0 radical (unpaired) electrons. The standard InChI is InChI=1S/C15H15N3O3/c1-8-17-11-4-2-3-10(16)14(11)15(21)18(8)12-6-5-9(19)7-13(12)20/h2-4,12H,5-7,16H2,1H3/i3D,6D,12D. The number of Topliss-reactive ketones (excluding diaryl/α,β-unsaturated/α-hetero) is 2. The van der Waals surface area contributed by atoms with Crippen LogP contribution < -0.4 is 11.3 Å². The predicted octanol–water partition coefficient (Wildman–Crippen LogP) is 1.15. The molecule has 1 heterocycles. The average molecular weight is 288 g/mol. The molecule has 0 aliphatic heterocycles. The molecule has 3 rings (SSSR count). The van der Waals surface area contributed by atoms with Crippen molar-refractivity contribution in [2.75, 3.05) is 5.73 Å². The molecule has 1 aliphatic carbocycles. The van der Waals surface area contributed by atoms with E-state index in [0.717, 1.165) is 4.57 Å². The predicted molar refractivity (Wildman–Crippen MR) is 78.1 cm³/mol. The Labute approximate surface area is 124 Å². The summed E-state index contributed by atoms with van der Waals surface area (Å²) >= 11 is 0. The normalized spacial score (nSPS) is 28.2. The quantitative estimate of drug-likeness (QED) is 0.627. The van der Waals surface area contributed by atoms with Gasteiger partial charge in [-0.2, -0.15) is 0 Å². The number of nitrogens with zero attached hydrogens (tertiary/aromatic N) is 2. The molecular formula is C15H15N3O3. The number of aromatic nitrogens is 2. The lowest BCUT2D eigenvalue weighted by molar-refractivity contribution is -0.132. The smallest absolute Gasteiger partial charge is 0.264 e. The molecule has 1 saturated carbocycles. The maximum Gasteiger partial charge on any atom is 0.264 e. The Morgan fingerprint density at radius 2 is 2.29 bits per heavy atom. The highest BCUT2D eigenvalue weighted by Crippen LogP contribution is 2.24. The van der Waals surface area contributed by atoms with E-state index in [1.54, 1.807) is 0 Å². The first-order chi connectivity index (χ1) is 11.2. The summed E-state index contributed by atoms with van der Waals surface area (Å²) in [5, 5.41) is -0.0587. The molecule has 2 aromatic rings. The van der Waals surface area contributed by atoms with Crippen molar-refractivity contribution in [3.63, 3.8) is 0 Å². The molecule has 0 spiro atoms. The van der Waals surface area contributed by atoms with Crippen molar-refractivity contribution in [1.29, 1.82) is 0 Å². The van der Waals surface area contributed by atoms with E-state index in [0.29, 0.717) is 0 Å². The first kappa shape index (κ1) is 10.3. The van der Waals surface area contributed by atoms with Crippen LogP contribution in [-0.2, 0) is 9.59 Å². The van der Waals surface area contributed by atoms with Crippen LogP contribution in [0.4, 0.5) is 5.69 Å². The van der Waals surface area contributed by atoms with Crippen molar-refractivity contribution in [3.05, 3.63) is 34.4 Å². The van der Waals surface area contributed by atoms with Crippen LogP contribution in [0.25, 0.3) is 10.9 Å². The van der Waals surface area contributed by atoms with Crippen molar-refractivity contribution in [1.82, 2.24) is 9.55 Å². The Morgan fingerprint density at radius 3 is 3.00 bits per heavy atom. The Bertz CT molecular complexity index is 956. The Morgan fingerprint density at radius 1 is 1.52 bits per heavy atom. The van der Waals surface area contributed by atoms with Crippen LogP contribution in [0.1, 0.15) is 35.2 Å². The summed E-state index contributed by atoms with van der Waals surface area (Å²) in [6.07, 6.45) is -2.19. The number of nitrogen functional groups attached to an aromatic ring is 1.